The van der Waals surface area contributed by atoms with E-state index in [1.54, 1.807) is 13.8 Å². The zero-order valence-corrected chi connectivity index (χ0v) is 11.3. The normalized spacial score (nSPS) is 32.5. The summed E-state index contributed by atoms with van der Waals surface area (Å²) in [5.74, 6) is 1.29. The summed E-state index contributed by atoms with van der Waals surface area (Å²) in [6, 6.07) is 0. The zero-order chi connectivity index (χ0) is 11.6. The Kier molecular flexibility index (Phi) is 4.48. The Balaban J connectivity index is 2.45. The van der Waals surface area contributed by atoms with Crippen molar-refractivity contribution in [3.63, 3.8) is 0 Å². The standard InChI is InChI=1S/C11H21ClO2S/c1-8(2)15(13,14)7-6-10-4-5-11(12)9(10)3/h8-11H,4-7H2,1-3H3. The highest BCUT2D eigenvalue weighted by atomic mass is 35.5. The van der Waals surface area contributed by atoms with Gasteiger partial charge in [-0.05, 0) is 44.9 Å². The third-order valence-corrected chi connectivity index (χ3v) is 6.48. The maximum absolute atomic E-state index is 11.6. The lowest BCUT2D eigenvalue weighted by atomic mass is 9.95. The second-order valence-corrected chi connectivity index (χ2v) is 8.15. The van der Waals surface area contributed by atoms with Crippen molar-refractivity contribution in [2.75, 3.05) is 5.75 Å². The van der Waals surface area contributed by atoms with Gasteiger partial charge in [0.2, 0.25) is 0 Å². The number of hydrogen-bond acceptors (Lipinski definition) is 2. The maximum Gasteiger partial charge on any atom is 0.152 e. The van der Waals surface area contributed by atoms with Crippen LogP contribution in [0.1, 0.15) is 40.0 Å². The number of halogens is 1. The first kappa shape index (κ1) is 13.3. The van der Waals surface area contributed by atoms with Crippen molar-refractivity contribution < 1.29 is 8.42 Å². The van der Waals surface area contributed by atoms with Crippen LogP contribution in [-0.4, -0.2) is 24.8 Å². The SMILES string of the molecule is CC1C(Cl)CCC1CCS(=O)(=O)C(C)C. The van der Waals surface area contributed by atoms with E-state index < -0.39 is 9.84 Å². The smallest absolute Gasteiger partial charge is 0.152 e. The third-order valence-electron chi connectivity index (χ3n) is 3.62. The molecule has 0 saturated heterocycles. The molecular formula is C11H21ClO2S. The third kappa shape index (κ3) is 3.35. The molecule has 0 aromatic carbocycles. The second kappa shape index (κ2) is 5.05. The van der Waals surface area contributed by atoms with Crippen LogP contribution in [0.4, 0.5) is 0 Å². The largest absolute Gasteiger partial charge is 0.229 e. The molecule has 0 aliphatic heterocycles. The summed E-state index contributed by atoms with van der Waals surface area (Å²) in [4.78, 5) is 0. The van der Waals surface area contributed by atoms with Crippen molar-refractivity contribution in [3.8, 4) is 0 Å². The molecular weight excluding hydrogens is 232 g/mol. The average Bonchev–Trinajstić information content (AvgIpc) is 2.45. The summed E-state index contributed by atoms with van der Waals surface area (Å²) >= 11 is 6.12. The van der Waals surface area contributed by atoms with Crippen molar-refractivity contribution in [2.45, 2.75) is 50.7 Å². The average molecular weight is 253 g/mol. The lowest BCUT2D eigenvalue weighted by molar-refractivity contribution is 0.409. The molecule has 0 aromatic rings. The maximum atomic E-state index is 11.6. The van der Waals surface area contributed by atoms with Crippen molar-refractivity contribution in [1.82, 2.24) is 0 Å². The van der Waals surface area contributed by atoms with Gasteiger partial charge in [-0.1, -0.05) is 6.92 Å². The molecule has 1 aliphatic carbocycles. The van der Waals surface area contributed by atoms with E-state index in [0.717, 1.165) is 19.3 Å². The Morgan fingerprint density at radius 3 is 2.33 bits per heavy atom. The summed E-state index contributed by atoms with van der Waals surface area (Å²) in [5.41, 5.74) is 0. The van der Waals surface area contributed by atoms with E-state index in [2.05, 4.69) is 6.92 Å². The molecule has 1 rings (SSSR count). The molecule has 0 radical (unpaired) electrons. The molecule has 0 spiro atoms. The topological polar surface area (TPSA) is 34.1 Å². The van der Waals surface area contributed by atoms with Gasteiger partial charge in [0.25, 0.3) is 0 Å². The number of rotatable bonds is 4. The molecule has 90 valence electrons. The molecule has 1 fully saturated rings. The van der Waals surface area contributed by atoms with Crippen LogP contribution in [0.3, 0.4) is 0 Å². The monoisotopic (exact) mass is 252 g/mol. The van der Waals surface area contributed by atoms with Crippen LogP contribution >= 0.6 is 11.6 Å². The Labute approximate surface area is 98.3 Å². The van der Waals surface area contributed by atoms with Gasteiger partial charge in [0, 0.05) is 5.38 Å². The zero-order valence-electron chi connectivity index (χ0n) is 9.74. The van der Waals surface area contributed by atoms with E-state index in [1.165, 1.54) is 0 Å². The summed E-state index contributed by atoms with van der Waals surface area (Å²) in [6.07, 6.45) is 2.91. The van der Waals surface area contributed by atoms with E-state index >= 15 is 0 Å². The van der Waals surface area contributed by atoms with Crippen LogP contribution in [0.5, 0.6) is 0 Å². The van der Waals surface area contributed by atoms with E-state index in [1.807, 2.05) is 0 Å². The summed E-state index contributed by atoms with van der Waals surface area (Å²) < 4.78 is 23.3. The van der Waals surface area contributed by atoms with Crippen LogP contribution in [0, 0.1) is 11.8 Å². The summed E-state index contributed by atoms with van der Waals surface area (Å²) in [7, 11) is -2.87. The Morgan fingerprint density at radius 1 is 1.33 bits per heavy atom. The minimum Gasteiger partial charge on any atom is -0.229 e. The molecule has 15 heavy (non-hydrogen) atoms. The van der Waals surface area contributed by atoms with Crippen molar-refractivity contribution in [3.05, 3.63) is 0 Å². The lowest BCUT2D eigenvalue weighted by Crippen LogP contribution is -2.21. The fourth-order valence-corrected chi connectivity index (χ4v) is 3.59. The number of sulfone groups is 1. The molecule has 0 amide bonds. The molecule has 0 heterocycles. The van der Waals surface area contributed by atoms with E-state index in [-0.39, 0.29) is 10.6 Å². The number of hydrogen-bond donors (Lipinski definition) is 0. The Hall–Kier alpha value is 0.240. The minimum absolute atomic E-state index is 0.247. The van der Waals surface area contributed by atoms with Crippen molar-refractivity contribution >= 4 is 21.4 Å². The summed E-state index contributed by atoms with van der Waals surface area (Å²) in [6.45, 7) is 5.63. The van der Waals surface area contributed by atoms with Gasteiger partial charge >= 0.3 is 0 Å². The van der Waals surface area contributed by atoms with Crippen LogP contribution < -0.4 is 0 Å². The van der Waals surface area contributed by atoms with Crippen LogP contribution in [-0.2, 0) is 9.84 Å². The van der Waals surface area contributed by atoms with Gasteiger partial charge in [0.05, 0.1) is 11.0 Å². The first-order chi connectivity index (χ1) is 6.84. The van der Waals surface area contributed by atoms with Crippen LogP contribution in [0.2, 0.25) is 0 Å². The molecule has 2 nitrogen and oxygen atoms in total. The first-order valence-corrected chi connectivity index (χ1v) is 7.85. The lowest BCUT2D eigenvalue weighted by Gasteiger charge is -2.17. The first-order valence-electron chi connectivity index (χ1n) is 5.70. The quantitative estimate of drug-likeness (QED) is 0.721. The molecule has 3 unspecified atom stereocenters. The van der Waals surface area contributed by atoms with Gasteiger partial charge in [-0.3, -0.25) is 0 Å². The molecule has 1 saturated carbocycles. The minimum atomic E-state index is -2.87. The molecule has 1 aliphatic rings. The van der Waals surface area contributed by atoms with Gasteiger partial charge in [-0.2, -0.15) is 0 Å². The molecule has 3 atom stereocenters. The number of alkyl halides is 1. The predicted molar refractivity (Wildman–Crippen MR) is 65.1 cm³/mol. The molecule has 0 bridgehead atoms. The Bertz CT molecular complexity index is 298. The molecule has 0 N–H and O–H groups in total. The predicted octanol–water partition coefficient (Wildman–Crippen LogP) is 2.85. The van der Waals surface area contributed by atoms with Gasteiger partial charge in [-0.15, -0.1) is 11.6 Å². The second-order valence-electron chi connectivity index (χ2n) is 4.92. The van der Waals surface area contributed by atoms with Gasteiger partial charge < -0.3 is 0 Å². The highest BCUT2D eigenvalue weighted by Crippen LogP contribution is 2.37. The molecule has 0 aromatic heterocycles. The summed E-state index contributed by atoms with van der Waals surface area (Å²) in [5, 5.41) is -0.00207. The van der Waals surface area contributed by atoms with E-state index in [0.29, 0.717) is 17.6 Å². The van der Waals surface area contributed by atoms with Crippen molar-refractivity contribution in [2.24, 2.45) is 11.8 Å². The van der Waals surface area contributed by atoms with Gasteiger partial charge in [0.15, 0.2) is 9.84 Å². The van der Waals surface area contributed by atoms with Gasteiger partial charge in [-0.25, -0.2) is 8.42 Å². The van der Waals surface area contributed by atoms with Crippen LogP contribution in [0.15, 0.2) is 0 Å². The highest BCUT2D eigenvalue weighted by Gasteiger charge is 2.32. The van der Waals surface area contributed by atoms with Crippen molar-refractivity contribution in [1.29, 1.82) is 0 Å². The van der Waals surface area contributed by atoms with E-state index in [4.69, 9.17) is 11.6 Å². The van der Waals surface area contributed by atoms with E-state index in [9.17, 15) is 8.42 Å². The van der Waals surface area contributed by atoms with Gasteiger partial charge in [0.1, 0.15) is 0 Å². The molecule has 4 heteroatoms. The Morgan fingerprint density at radius 2 is 1.93 bits per heavy atom. The highest BCUT2D eigenvalue weighted by molar-refractivity contribution is 7.91. The fourth-order valence-electron chi connectivity index (χ4n) is 2.15. The van der Waals surface area contributed by atoms with Crippen LogP contribution in [0.25, 0.3) is 0 Å². The fraction of sp³-hybridized carbons (Fsp3) is 1.00.